The molecule has 0 radical (unpaired) electrons. The minimum Gasteiger partial charge on any atom is -0.494 e. The Labute approximate surface area is 156 Å². The van der Waals surface area contributed by atoms with Crippen molar-refractivity contribution < 1.29 is 19.1 Å². The molecule has 0 aliphatic carbocycles. The first-order chi connectivity index (χ1) is 12.6. The summed E-state index contributed by atoms with van der Waals surface area (Å²) in [5, 5.41) is 0.595. The summed E-state index contributed by atoms with van der Waals surface area (Å²) in [7, 11) is 0. The first-order valence-corrected chi connectivity index (χ1v) is 8.69. The van der Waals surface area contributed by atoms with Crippen LogP contribution in [-0.4, -0.2) is 25.0 Å². The highest BCUT2D eigenvalue weighted by molar-refractivity contribution is 6.30. The van der Waals surface area contributed by atoms with E-state index in [1.807, 2.05) is 6.92 Å². The van der Waals surface area contributed by atoms with Crippen LogP contribution in [0.25, 0.3) is 0 Å². The topological polar surface area (TPSA) is 76.7 Å². The molecule has 1 aliphatic heterocycles. The molecule has 136 valence electrons. The molecule has 0 bridgehead atoms. The second-order valence-corrected chi connectivity index (χ2v) is 6.30. The third-order valence-electron chi connectivity index (χ3n) is 4.03. The molecule has 7 heteroatoms. The molecule has 2 amide bonds. The number of rotatable bonds is 4. The summed E-state index contributed by atoms with van der Waals surface area (Å²) < 4.78 is 10.9. The zero-order valence-electron chi connectivity index (χ0n) is 14.3. The summed E-state index contributed by atoms with van der Waals surface area (Å²) in [5.74, 6) is 0.305. The number of hydrogen-bond donors (Lipinski definition) is 2. The number of benzene rings is 2. The highest BCUT2D eigenvalue weighted by atomic mass is 35.5. The van der Waals surface area contributed by atoms with Gasteiger partial charge in [0.1, 0.15) is 18.1 Å². The van der Waals surface area contributed by atoms with Gasteiger partial charge in [-0.15, -0.1) is 0 Å². The molecule has 1 atom stereocenters. The van der Waals surface area contributed by atoms with Crippen LogP contribution in [0.1, 0.15) is 22.8 Å². The van der Waals surface area contributed by atoms with Gasteiger partial charge in [0, 0.05) is 10.6 Å². The second kappa shape index (κ2) is 8.10. The molecule has 6 nitrogen and oxygen atoms in total. The summed E-state index contributed by atoms with van der Waals surface area (Å²) >= 11 is 5.98. The minimum absolute atomic E-state index is 0.249. The molecule has 2 aromatic carbocycles. The third-order valence-corrected chi connectivity index (χ3v) is 4.26. The molecule has 0 saturated carbocycles. The van der Waals surface area contributed by atoms with E-state index in [9.17, 15) is 9.59 Å². The maximum Gasteiger partial charge on any atom is 0.269 e. The van der Waals surface area contributed by atoms with Crippen molar-refractivity contribution in [1.82, 2.24) is 10.9 Å². The van der Waals surface area contributed by atoms with Crippen molar-refractivity contribution in [1.29, 1.82) is 0 Å². The lowest BCUT2D eigenvalue weighted by atomic mass is 9.96. The van der Waals surface area contributed by atoms with E-state index in [1.165, 1.54) is 0 Å². The maximum absolute atomic E-state index is 12.3. The Morgan fingerprint density at radius 1 is 1.19 bits per heavy atom. The van der Waals surface area contributed by atoms with E-state index in [0.717, 1.165) is 11.3 Å². The SMILES string of the molecule is CCOc1ccc(C(=O)NNC(=O)[C@H]2COc3ccc(Cl)cc3C2)cc1. The summed E-state index contributed by atoms with van der Waals surface area (Å²) in [6.07, 6.45) is 0.501. The summed E-state index contributed by atoms with van der Waals surface area (Å²) in [6.45, 7) is 2.69. The van der Waals surface area contributed by atoms with Crippen LogP contribution in [0, 0.1) is 5.92 Å². The monoisotopic (exact) mass is 374 g/mol. The predicted molar refractivity (Wildman–Crippen MR) is 97.4 cm³/mol. The molecule has 26 heavy (non-hydrogen) atoms. The largest absolute Gasteiger partial charge is 0.494 e. The number of hydrogen-bond acceptors (Lipinski definition) is 4. The van der Waals surface area contributed by atoms with Gasteiger partial charge in [-0.1, -0.05) is 11.6 Å². The molecule has 1 heterocycles. The molecule has 2 N–H and O–H groups in total. The van der Waals surface area contributed by atoms with Gasteiger partial charge in [0.15, 0.2) is 0 Å². The molecule has 0 unspecified atom stereocenters. The van der Waals surface area contributed by atoms with E-state index < -0.39 is 11.8 Å². The average molecular weight is 375 g/mol. The van der Waals surface area contributed by atoms with Crippen LogP contribution < -0.4 is 20.3 Å². The van der Waals surface area contributed by atoms with E-state index in [1.54, 1.807) is 42.5 Å². The molecular weight excluding hydrogens is 356 g/mol. The number of amides is 2. The van der Waals surface area contributed by atoms with Gasteiger partial charge < -0.3 is 9.47 Å². The van der Waals surface area contributed by atoms with Crippen LogP contribution in [0.15, 0.2) is 42.5 Å². The Morgan fingerprint density at radius 2 is 1.96 bits per heavy atom. The van der Waals surface area contributed by atoms with E-state index in [2.05, 4.69) is 10.9 Å². The van der Waals surface area contributed by atoms with Crippen molar-refractivity contribution in [2.24, 2.45) is 5.92 Å². The molecule has 0 spiro atoms. The zero-order valence-corrected chi connectivity index (χ0v) is 15.0. The fraction of sp³-hybridized carbons (Fsp3) is 0.263. The Hall–Kier alpha value is -2.73. The van der Waals surface area contributed by atoms with Crippen LogP contribution in [-0.2, 0) is 11.2 Å². The van der Waals surface area contributed by atoms with E-state index in [4.69, 9.17) is 21.1 Å². The minimum atomic E-state index is -0.401. The summed E-state index contributed by atoms with van der Waals surface area (Å²) in [5.41, 5.74) is 6.17. The summed E-state index contributed by atoms with van der Waals surface area (Å²) in [6, 6.07) is 12.0. The number of nitrogens with one attached hydrogen (secondary N) is 2. The van der Waals surface area contributed by atoms with Gasteiger partial charge in [-0.2, -0.15) is 0 Å². The highest BCUT2D eigenvalue weighted by Gasteiger charge is 2.26. The lowest BCUT2D eigenvalue weighted by Gasteiger charge is -2.24. The van der Waals surface area contributed by atoms with E-state index >= 15 is 0 Å². The number of halogens is 1. The Kier molecular flexibility index (Phi) is 5.63. The first kappa shape index (κ1) is 18.1. The van der Waals surface area contributed by atoms with Crippen LogP contribution >= 0.6 is 11.6 Å². The van der Waals surface area contributed by atoms with E-state index in [0.29, 0.717) is 29.4 Å². The molecular formula is C19H19ClN2O4. The average Bonchev–Trinajstić information content (AvgIpc) is 2.66. The smallest absolute Gasteiger partial charge is 0.269 e. The number of hydrazine groups is 1. The van der Waals surface area contributed by atoms with Gasteiger partial charge in [-0.25, -0.2) is 0 Å². The van der Waals surface area contributed by atoms with Crippen LogP contribution in [0.5, 0.6) is 11.5 Å². The van der Waals surface area contributed by atoms with Crippen molar-refractivity contribution >= 4 is 23.4 Å². The fourth-order valence-corrected chi connectivity index (χ4v) is 2.89. The Bertz CT molecular complexity index is 808. The molecule has 0 fully saturated rings. The standard InChI is InChI=1S/C19H19ClN2O4/c1-2-25-16-6-3-12(4-7-16)18(23)21-22-19(24)14-9-13-10-15(20)5-8-17(13)26-11-14/h3-8,10,14H,2,9,11H2,1H3,(H,21,23)(H,22,24)/t14-/m1/s1. The van der Waals surface area contributed by atoms with Gasteiger partial charge in [0.25, 0.3) is 5.91 Å². The van der Waals surface area contributed by atoms with Gasteiger partial charge in [-0.05, 0) is 61.4 Å². The molecule has 1 aliphatic rings. The highest BCUT2D eigenvalue weighted by Crippen LogP contribution is 2.29. The van der Waals surface area contributed by atoms with Gasteiger partial charge in [-0.3, -0.25) is 20.4 Å². The van der Waals surface area contributed by atoms with Crippen molar-refractivity contribution in [2.45, 2.75) is 13.3 Å². The summed E-state index contributed by atoms with van der Waals surface area (Å²) in [4.78, 5) is 24.4. The van der Waals surface area contributed by atoms with Crippen LogP contribution in [0.2, 0.25) is 5.02 Å². The van der Waals surface area contributed by atoms with Gasteiger partial charge in [0.2, 0.25) is 5.91 Å². The van der Waals surface area contributed by atoms with Crippen molar-refractivity contribution in [2.75, 3.05) is 13.2 Å². The van der Waals surface area contributed by atoms with Crippen LogP contribution in [0.4, 0.5) is 0 Å². The Morgan fingerprint density at radius 3 is 2.69 bits per heavy atom. The third kappa shape index (κ3) is 4.26. The molecule has 0 aromatic heterocycles. The number of ether oxygens (including phenoxy) is 2. The first-order valence-electron chi connectivity index (χ1n) is 8.31. The van der Waals surface area contributed by atoms with E-state index in [-0.39, 0.29) is 12.5 Å². The maximum atomic E-state index is 12.3. The number of fused-ring (bicyclic) bond motifs is 1. The quantitative estimate of drug-likeness (QED) is 0.807. The van der Waals surface area contributed by atoms with Gasteiger partial charge in [0.05, 0.1) is 12.5 Å². The molecule has 0 saturated heterocycles. The zero-order chi connectivity index (χ0) is 18.5. The van der Waals surface area contributed by atoms with Gasteiger partial charge >= 0.3 is 0 Å². The number of carbonyl (C=O) groups is 2. The Balaban J connectivity index is 1.54. The van der Waals surface area contributed by atoms with Crippen LogP contribution in [0.3, 0.4) is 0 Å². The van der Waals surface area contributed by atoms with Crippen molar-refractivity contribution in [3.63, 3.8) is 0 Å². The molecule has 3 rings (SSSR count). The molecule has 2 aromatic rings. The van der Waals surface area contributed by atoms with Crippen molar-refractivity contribution in [3.8, 4) is 11.5 Å². The second-order valence-electron chi connectivity index (χ2n) is 5.86. The fourth-order valence-electron chi connectivity index (χ4n) is 2.69. The normalized spacial score (nSPS) is 15.4. The van der Waals surface area contributed by atoms with Crippen molar-refractivity contribution in [3.05, 3.63) is 58.6 Å². The number of carbonyl (C=O) groups excluding carboxylic acids is 2. The lowest BCUT2D eigenvalue weighted by molar-refractivity contribution is -0.127. The predicted octanol–water partition coefficient (Wildman–Crippen LogP) is 2.75. The lowest BCUT2D eigenvalue weighted by Crippen LogP contribution is -2.47.